The number of nitrogens with one attached hydrogen (secondary N) is 2. The number of aromatic nitrogens is 1. The van der Waals surface area contributed by atoms with Gasteiger partial charge < -0.3 is 10.2 Å². The van der Waals surface area contributed by atoms with E-state index in [1.54, 1.807) is 30.5 Å². The number of aryl methyl sites for hydroxylation is 1. The van der Waals surface area contributed by atoms with E-state index in [0.717, 1.165) is 28.5 Å². The number of hydrogen-bond donors (Lipinski definition) is 2. The van der Waals surface area contributed by atoms with Gasteiger partial charge in [-0.05, 0) is 24.6 Å². The third-order valence-electron chi connectivity index (χ3n) is 3.32. The number of sulfonamides is 1. The van der Waals surface area contributed by atoms with Gasteiger partial charge in [-0.3, -0.25) is 9.71 Å². The number of guanidine groups is 1. The Bertz CT molecular complexity index is 852. The Morgan fingerprint density at radius 1 is 1.38 bits per heavy atom. The summed E-state index contributed by atoms with van der Waals surface area (Å²) in [5.74, 6) is 0.743. The lowest BCUT2D eigenvalue weighted by Gasteiger charge is -2.21. The summed E-state index contributed by atoms with van der Waals surface area (Å²) in [7, 11) is 0.395. The molecule has 0 saturated heterocycles. The molecule has 0 aliphatic heterocycles. The molecule has 2 N–H and O–H groups in total. The summed E-state index contributed by atoms with van der Waals surface area (Å²) in [4.78, 5) is 10.7. The molecule has 2 rings (SSSR count). The highest BCUT2D eigenvalue weighted by Gasteiger charge is 2.09. The van der Waals surface area contributed by atoms with E-state index in [1.165, 1.54) is 0 Å². The summed E-state index contributed by atoms with van der Waals surface area (Å²) >= 11 is 1.63. The fourth-order valence-corrected chi connectivity index (χ4v) is 3.48. The van der Waals surface area contributed by atoms with Crippen molar-refractivity contribution in [2.75, 3.05) is 25.1 Å². The molecule has 0 spiro atoms. The zero-order chi connectivity index (χ0) is 18.4. The predicted molar refractivity (Wildman–Crippen MR) is 119 cm³/mol. The van der Waals surface area contributed by atoms with E-state index >= 15 is 0 Å². The van der Waals surface area contributed by atoms with E-state index in [-0.39, 0.29) is 24.0 Å². The van der Waals surface area contributed by atoms with Crippen molar-refractivity contribution in [3.63, 3.8) is 0 Å². The third-order valence-corrected chi connectivity index (χ3v) is 4.75. The number of rotatable bonds is 6. The third kappa shape index (κ3) is 7.46. The number of hydrogen-bond acceptors (Lipinski definition) is 5. The van der Waals surface area contributed by atoms with Gasteiger partial charge in [0, 0.05) is 31.7 Å². The van der Waals surface area contributed by atoms with Gasteiger partial charge in [0.15, 0.2) is 5.96 Å². The van der Waals surface area contributed by atoms with Gasteiger partial charge in [-0.25, -0.2) is 13.4 Å². The second kappa shape index (κ2) is 10.1. The quantitative estimate of drug-likeness (QED) is 0.355. The molecule has 10 heteroatoms. The molecule has 0 fully saturated rings. The average molecular weight is 509 g/mol. The van der Waals surface area contributed by atoms with Crippen LogP contribution in [-0.4, -0.2) is 44.6 Å². The van der Waals surface area contributed by atoms with Crippen molar-refractivity contribution < 1.29 is 8.42 Å². The second-order valence-corrected chi connectivity index (χ2v) is 8.50. The molecule has 1 aromatic heterocycles. The average Bonchev–Trinajstić information content (AvgIpc) is 2.91. The van der Waals surface area contributed by atoms with Crippen LogP contribution in [0.25, 0.3) is 0 Å². The monoisotopic (exact) mass is 509 g/mol. The first-order valence-corrected chi connectivity index (χ1v) is 10.4. The van der Waals surface area contributed by atoms with Crippen LogP contribution in [0.15, 0.2) is 34.6 Å². The largest absolute Gasteiger partial charge is 0.352 e. The van der Waals surface area contributed by atoms with Crippen molar-refractivity contribution in [3.8, 4) is 0 Å². The van der Waals surface area contributed by atoms with E-state index in [0.29, 0.717) is 18.8 Å². The van der Waals surface area contributed by atoms with Gasteiger partial charge in [-0.15, -0.1) is 35.3 Å². The summed E-state index contributed by atoms with van der Waals surface area (Å²) in [6.45, 7) is 3.19. The highest BCUT2D eigenvalue weighted by molar-refractivity contribution is 14.0. The van der Waals surface area contributed by atoms with Crippen molar-refractivity contribution in [3.05, 3.63) is 45.9 Å². The van der Waals surface area contributed by atoms with Gasteiger partial charge in [0.1, 0.15) is 0 Å². The minimum atomic E-state index is -3.28. The normalized spacial score (nSPS) is 11.6. The topological polar surface area (TPSA) is 86.7 Å². The van der Waals surface area contributed by atoms with Crippen LogP contribution in [-0.2, 0) is 23.1 Å². The van der Waals surface area contributed by atoms with Gasteiger partial charge in [0.2, 0.25) is 10.0 Å². The molecule has 0 saturated carbocycles. The van der Waals surface area contributed by atoms with Gasteiger partial charge in [-0.2, -0.15) is 0 Å². The highest BCUT2D eigenvalue weighted by Crippen LogP contribution is 2.12. The molecule has 0 radical (unpaired) electrons. The molecule has 2 aromatic rings. The molecule has 1 aromatic carbocycles. The van der Waals surface area contributed by atoms with Crippen LogP contribution in [0.4, 0.5) is 5.69 Å². The lowest BCUT2D eigenvalue weighted by molar-refractivity contribution is 0.470. The van der Waals surface area contributed by atoms with E-state index in [9.17, 15) is 8.42 Å². The van der Waals surface area contributed by atoms with E-state index in [2.05, 4.69) is 20.0 Å². The SMILES string of the molecule is CN=C(NCc1cccc(NS(C)(=O)=O)c1)N(C)Cc1csc(C)n1.I. The Hall–Kier alpha value is -1.40. The zero-order valence-electron chi connectivity index (χ0n) is 15.2. The number of nitrogens with zero attached hydrogens (tertiary/aromatic N) is 3. The Morgan fingerprint density at radius 2 is 2.12 bits per heavy atom. The molecule has 144 valence electrons. The van der Waals surface area contributed by atoms with Crippen LogP contribution in [0.3, 0.4) is 0 Å². The predicted octanol–water partition coefficient (Wildman–Crippen LogP) is 2.65. The van der Waals surface area contributed by atoms with Crippen LogP contribution in [0, 0.1) is 6.92 Å². The lowest BCUT2D eigenvalue weighted by atomic mass is 10.2. The molecular formula is C16H24IN5O2S2. The summed E-state index contributed by atoms with van der Waals surface area (Å²) < 4.78 is 25.1. The van der Waals surface area contributed by atoms with E-state index in [4.69, 9.17) is 0 Å². The molecule has 26 heavy (non-hydrogen) atoms. The van der Waals surface area contributed by atoms with Crippen molar-refractivity contribution in [2.45, 2.75) is 20.0 Å². The first-order valence-electron chi connectivity index (χ1n) is 7.66. The number of halogens is 1. The molecule has 0 amide bonds. The Morgan fingerprint density at radius 3 is 2.69 bits per heavy atom. The van der Waals surface area contributed by atoms with Crippen LogP contribution in [0.5, 0.6) is 0 Å². The standard InChI is InChI=1S/C16H23N5O2S2.HI/c1-12-19-15(11-24-12)10-21(3)16(17-2)18-9-13-6-5-7-14(8-13)20-25(4,22)23;/h5-8,11,20H,9-10H2,1-4H3,(H,17,18);1H. The first-order chi connectivity index (χ1) is 11.8. The summed E-state index contributed by atoms with van der Waals surface area (Å²) in [6.07, 6.45) is 1.13. The van der Waals surface area contributed by atoms with Gasteiger partial charge in [-0.1, -0.05) is 12.1 Å². The highest BCUT2D eigenvalue weighted by atomic mass is 127. The minimum absolute atomic E-state index is 0. The summed E-state index contributed by atoms with van der Waals surface area (Å²) in [5, 5.41) is 6.36. The van der Waals surface area contributed by atoms with Gasteiger partial charge >= 0.3 is 0 Å². The van der Waals surface area contributed by atoms with Crippen LogP contribution in [0.1, 0.15) is 16.3 Å². The lowest BCUT2D eigenvalue weighted by Crippen LogP contribution is -2.38. The second-order valence-electron chi connectivity index (χ2n) is 5.69. The molecule has 0 unspecified atom stereocenters. The zero-order valence-corrected chi connectivity index (χ0v) is 19.1. The maximum Gasteiger partial charge on any atom is 0.229 e. The maximum atomic E-state index is 11.3. The Kier molecular flexibility index (Phi) is 8.77. The summed E-state index contributed by atoms with van der Waals surface area (Å²) in [6, 6.07) is 7.26. The molecule has 0 aliphatic rings. The van der Waals surface area contributed by atoms with Gasteiger partial charge in [0.25, 0.3) is 0 Å². The summed E-state index contributed by atoms with van der Waals surface area (Å²) in [5.41, 5.74) is 2.50. The van der Waals surface area contributed by atoms with Crippen LogP contribution in [0.2, 0.25) is 0 Å². The van der Waals surface area contributed by atoms with Crippen molar-refractivity contribution >= 4 is 57.0 Å². The number of aliphatic imine (C=N–C) groups is 1. The Balaban J connectivity index is 0.00000338. The fourth-order valence-electron chi connectivity index (χ4n) is 2.32. The number of anilines is 1. The minimum Gasteiger partial charge on any atom is -0.352 e. The maximum absolute atomic E-state index is 11.3. The molecule has 0 atom stereocenters. The molecule has 1 heterocycles. The molecule has 0 bridgehead atoms. The van der Waals surface area contributed by atoms with Crippen LogP contribution < -0.4 is 10.0 Å². The van der Waals surface area contributed by atoms with Crippen molar-refractivity contribution in [2.24, 2.45) is 4.99 Å². The van der Waals surface area contributed by atoms with Crippen molar-refractivity contribution in [1.82, 2.24) is 15.2 Å². The van der Waals surface area contributed by atoms with E-state index in [1.807, 2.05) is 36.4 Å². The van der Waals surface area contributed by atoms with E-state index < -0.39 is 10.0 Å². The molecule has 0 aliphatic carbocycles. The number of thiazole rings is 1. The molecule has 7 nitrogen and oxygen atoms in total. The molecular weight excluding hydrogens is 485 g/mol. The smallest absolute Gasteiger partial charge is 0.229 e. The Labute approximate surface area is 176 Å². The van der Waals surface area contributed by atoms with Gasteiger partial charge in [0.05, 0.1) is 23.5 Å². The first kappa shape index (κ1) is 22.6. The van der Waals surface area contributed by atoms with Crippen LogP contribution >= 0.6 is 35.3 Å². The number of benzene rings is 1. The van der Waals surface area contributed by atoms with Crippen molar-refractivity contribution in [1.29, 1.82) is 0 Å². The fraction of sp³-hybridized carbons (Fsp3) is 0.375.